The van der Waals surface area contributed by atoms with Crippen molar-refractivity contribution in [2.24, 2.45) is 5.92 Å². The highest BCUT2D eigenvalue weighted by atomic mass is 16.5. The number of rotatable bonds is 8. The second-order valence-electron chi connectivity index (χ2n) is 10.3. The van der Waals surface area contributed by atoms with Gasteiger partial charge in [0.2, 0.25) is 5.91 Å². The Labute approximate surface area is 222 Å². The fourth-order valence-corrected chi connectivity index (χ4v) is 5.66. The van der Waals surface area contributed by atoms with E-state index in [2.05, 4.69) is 20.5 Å². The van der Waals surface area contributed by atoms with E-state index in [4.69, 9.17) is 9.94 Å². The molecule has 2 aliphatic heterocycles. The summed E-state index contributed by atoms with van der Waals surface area (Å²) in [4.78, 5) is 32.0. The molecule has 0 bridgehead atoms. The highest BCUT2D eigenvalue weighted by Gasteiger charge is 2.38. The number of aromatic nitrogens is 1. The molecular formula is C29H35N5O4. The van der Waals surface area contributed by atoms with E-state index in [0.717, 1.165) is 54.6 Å². The van der Waals surface area contributed by atoms with E-state index >= 15 is 0 Å². The lowest BCUT2D eigenvalue weighted by atomic mass is 9.99. The normalized spacial score (nSPS) is 20.4. The number of amides is 2. The first-order chi connectivity index (χ1) is 18.5. The first-order valence-electron chi connectivity index (χ1n) is 13.3. The van der Waals surface area contributed by atoms with Crippen LogP contribution in [0, 0.1) is 12.8 Å². The van der Waals surface area contributed by atoms with E-state index in [1.807, 2.05) is 37.3 Å². The number of nitrogens with one attached hydrogen (secondary N) is 3. The van der Waals surface area contributed by atoms with Crippen LogP contribution in [0.4, 0.5) is 0 Å². The van der Waals surface area contributed by atoms with Crippen molar-refractivity contribution >= 4 is 22.7 Å². The van der Waals surface area contributed by atoms with Crippen LogP contribution in [-0.2, 0) is 11.4 Å². The largest absolute Gasteiger partial charge is 0.489 e. The summed E-state index contributed by atoms with van der Waals surface area (Å²) >= 11 is 0. The van der Waals surface area contributed by atoms with Crippen molar-refractivity contribution in [3.05, 3.63) is 71.4 Å². The summed E-state index contributed by atoms with van der Waals surface area (Å²) < 4.78 is 6.04. The van der Waals surface area contributed by atoms with Crippen molar-refractivity contribution in [1.29, 1.82) is 0 Å². The molecule has 2 aliphatic rings. The van der Waals surface area contributed by atoms with Crippen molar-refractivity contribution < 1.29 is 19.5 Å². The van der Waals surface area contributed by atoms with Gasteiger partial charge >= 0.3 is 0 Å². The third-order valence-electron chi connectivity index (χ3n) is 7.62. The Morgan fingerprint density at radius 3 is 2.63 bits per heavy atom. The first-order valence-corrected chi connectivity index (χ1v) is 13.3. The molecule has 4 N–H and O–H groups in total. The lowest BCUT2D eigenvalue weighted by Gasteiger charge is -2.31. The molecule has 0 spiro atoms. The number of carbonyl (C=O) groups is 2. The number of hydrogen-bond acceptors (Lipinski definition) is 7. The van der Waals surface area contributed by atoms with Crippen molar-refractivity contribution in [2.75, 3.05) is 26.2 Å². The number of carbonyl (C=O) groups excluding carboxylic acids is 2. The van der Waals surface area contributed by atoms with Crippen LogP contribution in [-0.4, -0.2) is 65.2 Å². The molecule has 1 aromatic heterocycles. The third kappa shape index (κ3) is 6.12. The molecule has 9 heteroatoms. The maximum absolute atomic E-state index is 13.1. The summed E-state index contributed by atoms with van der Waals surface area (Å²) in [5, 5.41) is 16.6. The summed E-state index contributed by atoms with van der Waals surface area (Å²) in [6.45, 7) is 5.74. The van der Waals surface area contributed by atoms with E-state index < -0.39 is 5.91 Å². The molecular weight excluding hydrogens is 482 g/mol. The van der Waals surface area contributed by atoms with Gasteiger partial charge in [-0.25, -0.2) is 5.48 Å². The summed E-state index contributed by atoms with van der Waals surface area (Å²) in [5.41, 5.74) is 5.22. The van der Waals surface area contributed by atoms with Gasteiger partial charge in [0.15, 0.2) is 0 Å². The Balaban J connectivity index is 1.22. The van der Waals surface area contributed by atoms with Crippen molar-refractivity contribution in [3.8, 4) is 5.75 Å². The van der Waals surface area contributed by atoms with Crippen molar-refractivity contribution in [2.45, 2.75) is 44.9 Å². The van der Waals surface area contributed by atoms with Crippen molar-refractivity contribution in [1.82, 2.24) is 26.0 Å². The highest BCUT2D eigenvalue weighted by Crippen LogP contribution is 2.26. The molecule has 3 aromatic rings. The van der Waals surface area contributed by atoms with E-state index in [1.165, 1.54) is 0 Å². The first kappa shape index (κ1) is 26.1. The van der Waals surface area contributed by atoms with Gasteiger partial charge in [0.05, 0.1) is 5.52 Å². The maximum atomic E-state index is 13.1. The highest BCUT2D eigenvalue weighted by molar-refractivity contribution is 5.94. The minimum absolute atomic E-state index is 0.0674. The lowest BCUT2D eigenvalue weighted by molar-refractivity contribution is -0.130. The quantitative estimate of drug-likeness (QED) is 0.268. The van der Waals surface area contributed by atoms with Gasteiger partial charge < -0.3 is 15.4 Å². The standard InChI is InChI=1S/C29H35N5O4/c1-19-14-22(25-4-2-3-5-26(25)31-19)18-38-24-8-6-20(7-9-24)29(36)32-27-17-34(23-10-12-30-13-11-23)16-21(27)15-28(35)33-37/h2-9,14,21,23,27,30,37H,10-13,15-18H2,1H3,(H,32,36)(H,33,35)/t21-,27+/m1/s1. The topological polar surface area (TPSA) is 116 Å². The predicted molar refractivity (Wildman–Crippen MR) is 144 cm³/mol. The molecule has 2 saturated heterocycles. The molecule has 3 heterocycles. The number of pyridine rings is 1. The molecule has 2 amide bonds. The zero-order valence-corrected chi connectivity index (χ0v) is 21.7. The molecule has 0 radical (unpaired) electrons. The minimum atomic E-state index is -0.430. The summed E-state index contributed by atoms with van der Waals surface area (Å²) in [7, 11) is 0. The van der Waals surface area contributed by atoms with Gasteiger partial charge in [0.1, 0.15) is 12.4 Å². The van der Waals surface area contributed by atoms with Gasteiger partial charge in [-0.3, -0.25) is 24.7 Å². The van der Waals surface area contributed by atoms with E-state index in [0.29, 0.717) is 30.5 Å². The van der Waals surface area contributed by atoms with Crippen LogP contribution in [0.25, 0.3) is 10.9 Å². The Hall–Kier alpha value is -3.53. The van der Waals surface area contributed by atoms with Crippen LogP contribution in [0.5, 0.6) is 5.75 Å². The van der Waals surface area contributed by atoms with Crippen molar-refractivity contribution in [3.63, 3.8) is 0 Å². The number of likely N-dealkylation sites (tertiary alicyclic amines) is 1. The molecule has 0 saturated carbocycles. The molecule has 200 valence electrons. The predicted octanol–water partition coefficient (Wildman–Crippen LogP) is 2.80. The minimum Gasteiger partial charge on any atom is -0.489 e. The fraction of sp³-hybridized carbons (Fsp3) is 0.414. The molecule has 0 unspecified atom stereocenters. The lowest BCUT2D eigenvalue weighted by Crippen LogP contribution is -2.44. The maximum Gasteiger partial charge on any atom is 0.251 e. The van der Waals surface area contributed by atoms with E-state index in [9.17, 15) is 9.59 Å². The van der Waals surface area contributed by atoms with Crippen LogP contribution in [0.2, 0.25) is 0 Å². The van der Waals surface area contributed by atoms with Gasteiger partial charge in [0, 0.05) is 59.7 Å². The number of para-hydroxylation sites is 1. The average molecular weight is 518 g/mol. The molecule has 2 aromatic carbocycles. The number of fused-ring (bicyclic) bond motifs is 1. The number of benzene rings is 2. The average Bonchev–Trinajstić information content (AvgIpc) is 3.34. The SMILES string of the molecule is Cc1cc(COc2ccc(C(=O)N[C@H]3CN(C4CCNCC4)C[C@H]3CC(=O)NO)cc2)c2ccccc2n1. The summed E-state index contributed by atoms with van der Waals surface area (Å²) in [6.07, 6.45) is 2.27. The van der Waals surface area contributed by atoms with E-state index in [1.54, 1.807) is 29.7 Å². The fourth-order valence-electron chi connectivity index (χ4n) is 5.66. The number of aryl methyl sites for hydroxylation is 1. The van der Waals surface area contributed by atoms with Crippen LogP contribution in [0.3, 0.4) is 0 Å². The Bertz CT molecular complexity index is 1280. The second-order valence-corrected chi connectivity index (χ2v) is 10.3. The molecule has 2 atom stereocenters. The monoisotopic (exact) mass is 517 g/mol. The Morgan fingerprint density at radius 1 is 1.11 bits per heavy atom. The van der Waals surface area contributed by atoms with Crippen LogP contribution in [0.15, 0.2) is 54.6 Å². The number of piperidine rings is 1. The summed E-state index contributed by atoms with van der Waals surface area (Å²) in [5.74, 6) is -0.00303. The second kappa shape index (κ2) is 11.9. The van der Waals surface area contributed by atoms with E-state index in [-0.39, 0.29) is 24.3 Å². The Kier molecular flexibility index (Phi) is 8.17. The number of nitrogens with zero attached hydrogens (tertiary/aromatic N) is 2. The Morgan fingerprint density at radius 2 is 1.87 bits per heavy atom. The van der Waals surface area contributed by atoms with Gasteiger partial charge in [0.25, 0.3) is 5.91 Å². The number of ether oxygens (including phenoxy) is 1. The zero-order chi connectivity index (χ0) is 26.5. The number of hydrogen-bond donors (Lipinski definition) is 4. The smallest absolute Gasteiger partial charge is 0.251 e. The van der Waals surface area contributed by atoms with Gasteiger partial charge in [-0.15, -0.1) is 0 Å². The molecule has 0 aliphatic carbocycles. The van der Waals surface area contributed by atoms with Gasteiger partial charge in [-0.05, 0) is 69.3 Å². The molecule has 38 heavy (non-hydrogen) atoms. The molecule has 2 fully saturated rings. The van der Waals surface area contributed by atoms with Crippen LogP contribution < -0.4 is 20.9 Å². The summed E-state index contributed by atoms with van der Waals surface area (Å²) in [6, 6.07) is 17.4. The number of hydroxylamine groups is 1. The third-order valence-corrected chi connectivity index (χ3v) is 7.62. The molecule has 5 rings (SSSR count). The van der Waals surface area contributed by atoms with Crippen LogP contribution >= 0.6 is 0 Å². The van der Waals surface area contributed by atoms with Crippen LogP contribution in [0.1, 0.15) is 40.9 Å². The van der Waals surface area contributed by atoms with Gasteiger partial charge in [-0.1, -0.05) is 18.2 Å². The zero-order valence-electron chi connectivity index (χ0n) is 21.7. The van der Waals surface area contributed by atoms with Gasteiger partial charge in [-0.2, -0.15) is 0 Å². The molecule has 9 nitrogen and oxygen atoms in total.